The van der Waals surface area contributed by atoms with E-state index in [-0.39, 0.29) is 0 Å². The summed E-state index contributed by atoms with van der Waals surface area (Å²) in [4.78, 5) is 14.4. The zero-order valence-electron chi connectivity index (χ0n) is 11.7. The summed E-state index contributed by atoms with van der Waals surface area (Å²) >= 11 is 0. The van der Waals surface area contributed by atoms with Crippen molar-refractivity contribution in [3.05, 3.63) is 30.5 Å². The lowest BCUT2D eigenvalue weighted by Crippen LogP contribution is -2.37. The van der Waals surface area contributed by atoms with Gasteiger partial charge in [0.2, 0.25) is 0 Å². The molecule has 2 aliphatic heterocycles. The van der Waals surface area contributed by atoms with Gasteiger partial charge in [0.05, 0.1) is 17.2 Å². The van der Waals surface area contributed by atoms with Crippen LogP contribution in [0.3, 0.4) is 0 Å². The standard InChI is InChI=1S/C16H20N4/c1-2-7-15-14(6-1)17-11-16(18-15)20-10-4-9-19-8-3-5-13(19)12-20/h1-2,6-7,11,13H,3-5,8-10,12H2/t13-/m1/s1. The highest BCUT2D eigenvalue weighted by Crippen LogP contribution is 2.24. The van der Waals surface area contributed by atoms with Gasteiger partial charge < -0.3 is 4.90 Å². The minimum Gasteiger partial charge on any atom is -0.354 e. The molecule has 2 saturated heterocycles. The average Bonchev–Trinajstić information content (AvgIpc) is 2.84. The molecule has 3 heterocycles. The predicted octanol–water partition coefficient (Wildman–Crippen LogP) is 2.30. The Morgan fingerprint density at radius 1 is 1.00 bits per heavy atom. The second kappa shape index (κ2) is 5.02. The lowest BCUT2D eigenvalue weighted by atomic mass is 10.2. The molecule has 0 bridgehead atoms. The molecule has 2 fully saturated rings. The van der Waals surface area contributed by atoms with E-state index in [4.69, 9.17) is 4.98 Å². The van der Waals surface area contributed by atoms with E-state index in [2.05, 4.69) is 14.8 Å². The van der Waals surface area contributed by atoms with Crippen LogP contribution < -0.4 is 4.90 Å². The first-order valence-corrected chi connectivity index (χ1v) is 7.61. The molecule has 1 aromatic carbocycles. The summed E-state index contributed by atoms with van der Waals surface area (Å²) in [5.41, 5.74) is 1.98. The van der Waals surface area contributed by atoms with Crippen molar-refractivity contribution in [1.82, 2.24) is 14.9 Å². The summed E-state index contributed by atoms with van der Waals surface area (Å²) in [6.07, 6.45) is 5.84. The topological polar surface area (TPSA) is 32.3 Å². The van der Waals surface area contributed by atoms with Gasteiger partial charge in [0.1, 0.15) is 5.82 Å². The maximum atomic E-state index is 4.80. The van der Waals surface area contributed by atoms with Crippen molar-refractivity contribution in [3.63, 3.8) is 0 Å². The monoisotopic (exact) mass is 268 g/mol. The smallest absolute Gasteiger partial charge is 0.147 e. The molecule has 20 heavy (non-hydrogen) atoms. The quantitative estimate of drug-likeness (QED) is 0.794. The summed E-state index contributed by atoms with van der Waals surface area (Å²) in [5.74, 6) is 1.04. The molecule has 0 unspecified atom stereocenters. The SMILES string of the molecule is c1ccc2nc(N3CCCN4CCC[C@@H]4C3)cnc2c1. The number of rotatable bonds is 1. The fraction of sp³-hybridized carbons (Fsp3) is 0.500. The van der Waals surface area contributed by atoms with Gasteiger partial charge in [-0.3, -0.25) is 9.88 Å². The van der Waals surface area contributed by atoms with Gasteiger partial charge in [-0.05, 0) is 37.9 Å². The molecule has 0 aliphatic carbocycles. The summed E-state index contributed by atoms with van der Waals surface area (Å²) in [7, 11) is 0. The summed E-state index contributed by atoms with van der Waals surface area (Å²) in [6, 6.07) is 8.82. The molecule has 4 nitrogen and oxygen atoms in total. The first kappa shape index (κ1) is 12.1. The molecule has 2 aliphatic rings. The lowest BCUT2D eigenvalue weighted by molar-refractivity contribution is 0.273. The van der Waals surface area contributed by atoms with Crippen LogP contribution in [0.5, 0.6) is 0 Å². The molecule has 0 spiro atoms. The van der Waals surface area contributed by atoms with Crippen LogP contribution in [0.4, 0.5) is 5.82 Å². The maximum Gasteiger partial charge on any atom is 0.147 e. The van der Waals surface area contributed by atoms with Crippen LogP contribution in [-0.4, -0.2) is 47.1 Å². The number of hydrogen-bond donors (Lipinski definition) is 0. The van der Waals surface area contributed by atoms with Gasteiger partial charge in [-0.1, -0.05) is 12.1 Å². The molecule has 0 amide bonds. The fourth-order valence-electron chi connectivity index (χ4n) is 3.51. The van der Waals surface area contributed by atoms with Crippen LogP contribution in [0, 0.1) is 0 Å². The van der Waals surface area contributed by atoms with Gasteiger partial charge in [0.15, 0.2) is 0 Å². The van der Waals surface area contributed by atoms with Crippen LogP contribution in [0.15, 0.2) is 30.5 Å². The van der Waals surface area contributed by atoms with Gasteiger partial charge in [-0.25, -0.2) is 4.98 Å². The van der Waals surface area contributed by atoms with Crippen LogP contribution in [-0.2, 0) is 0 Å². The van der Waals surface area contributed by atoms with Crippen LogP contribution in [0.1, 0.15) is 19.3 Å². The maximum absolute atomic E-state index is 4.80. The minimum absolute atomic E-state index is 0.714. The first-order valence-electron chi connectivity index (χ1n) is 7.61. The van der Waals surface area contributed by atoms with Crippen molar-refractivity contribution in [1.29, 1.82) is 0 Å². The van der Waals surface area contributed by atoms with E-state index in [1.54, 1.807) is 0 Å². The second-order valence-electron chi connectivity index (χ2n) is 5.85. The van der Waals surface area contributed by atoms with Crippen LogP contribution >= 0.6 is 0 Å². The van der Waals surface area contributed by atoms with Crippen molar-refractivity contribution in [2.45, 2.75) is 25.3 Å². The highest BCUT2D eigenvalue weighted by molar-refractivity contribution is 5.75. The van der Waals surface area contributed by atoms with Crippen molar-refractivity contribution >= 4 is 16.9 Å². The zero-order chi connectivity index (χ0) is 13.4. The highest BCUT2D eigenvalue weighted by atomic mass is 15.3. The molecule has 0 radical (unpaired) electrons. The number of hydrogen-bond acceptors (Lipinski definition) is 4. The zero-order valence-corrected chi connectivity index (χ0v) is 11.7. The second-order valence-corrected chi connectivity index (χ2v) is 5.85. The fourth-order valence-corrected chi connectivity index (χ4v) is 3.51. The number of aromatic nitrogens is 2. The molecule has 0 saturated carbocycles. The Bertz CT molecular complexity index is 612. The normalized spacial score (nSPS) is 23.8. The van der Waals surface area contributed by atoms with Crippen LogP contribution in [0.25, 0.3) is 11.0 Å². The summed E-state index contributed by atoms with van der Waals surface area (Å²) in [6.45, 7) is 4.72. The molecule has 0 N–H and O–H groups in total. The lowest BCUT2D eigenvalue weighted by Gasteiger charge is -2.26. The van der Waals surface area contributed by atoms with E-state index in [1.165, 1.54) is 32.4 Å². The van der Waals surface area contributed by atoms with E-state index in [1.807, 2.05) is 30.5 Å². The van der Waals surface area contributed by atoms with Gasteiger partial charge in [0, 0.05) is 25.7 Å². The van der Waals surface area contributed by atoms with Crippen LogP contribution in [0.2, 0.25) is 0 Å². The summed E-state index contributed by atoms with van der Waals surface area (Å²) in [5, 5.41) is 0. The van der Waals surface area contributed by atoms with Gasteiger partial charge in [-0.15, -0.1) is 0 Å². The summed E-state index contributed by atoms with van der Waals surface area (Å²) < 4.78 is 0. The van der Waals surface area contributed by atoms with E-state index in [9.17, 15) is 0 Å². The molecule has 1 atom stereocenters. The number of para-hydroxylation sites is 2. The molecule has 1 aromatic heterocycles. The predicted molar refractivity (Wildman–Crippen MR) is 81.0 cm³/mol. The van der Waals surface area contributed by atoms with Gasteiger partial charge >= 0.3 is 0 Å². The number of benzene rings is 1. The van der Waals surface area contributed by atoms with Crippen molar-refractivity contribution in [3.8, 4) is 0 Å². The number of nitrogens with zero attached hydrogens (tertiary/aromatic N) is 4. The largest absolute Gasteiger partial charge is 0.354 e. The first-order chi connectivity index (χ1) is 9.90. The van der Waals surface area contributed by atoms with Gasteiger partial charge in [0.25, 0.3) is 0 Å². The highest BCUT2D eigenvalue weighted by Gasteiger charge is 2.29. The molecule has 4 heteroatoms. The van der Waals surface area contributed by atoms with Gasteiger partial charge in [-0.2, -0.15) is 0 Å². The molecule has 104 valence electrons. The Morgan fingerprint density at radius 2 is 1.85 bits per heavy atom. The number of anilines is 1. The Labute approximate surface area is 119 Å². The Kier molecular flexibility index (Phi) is 3.03. The Balaban J connectivity index is 1.64. The van der Waals surface area contributed by atoms with E-state index >= 15 is 0 Å². The average molecular weight is 268 g/mol. The third-order valence-electron chi connectivity index (χ3n) is 4.56. The molecule has 2 aromatic rings. The third kappa shape index (κ3) is 2.14. The number of fused-ring (bicyclic) bond motifs is 2. The third-order valence-corrected chi connectivity index (χ3v) is 4.56. The molecular formula is C16H20N4. The van der Waals surface area contributed by atoms with Crippen molar-refractivity contribution < 1.29 is 0 Å². The Hall–Kier alpha value is -1.68. The minimum atomic E-state index is 0.714. The van der Waals surface area contributed by atoms with Crippen molar-refractivity contribution in [2.75, 3.05) is 31.1 Å². The van der Waals surface area contributed by atoms with Crippen molar-refractivity contribution in [2.24, 2.45) is 0 Å². The molecular weight excluding hydrogens is 248 g/mol. The van der Waals surface area contributed by atoms with E-state index in [0.717, 1.165) is 29.9 Å². The molecule has 4 rings (SSSR count). The Morgan fingerprint density at radius 3 is 2.80 bits per heavy atom. The van der Waals surface area contributed by atoms with E-state index in [0.29, 0.717) is 6.04 Å². The van der Waals surface area contributed by atoms with E-state index < -0.39 is 0 Å².